The highest BCUT2D eigenvalue weighted by molar-refractivity contribution is 6.13. The first-order valence-corrected chi connectivity index (χ1v) is 11.7. The summed E-state index contributed by atoms with van der Waals surface area (Å²) in [6.07, 6.45) is 2.83. The maximum Gasteiger partial charge on any atom is 0.270 e. The molecule has 3 heterocycles. The van der Waals surface area contributed by atoms with Gasteiger partial charge in [0.15, 0.2) is 0 Å². The third-order valence-electron chi connectivity index (χ3n) is 6.45. The summed E-state index contributed by atoms with van der Waals surface area (Å²) < 4.78 is 3.69. The quantitative estimate of drug-likeness (QED) is 0.367. The van der Waals surface area contributed by atoms with E-state index >= 15 is 0 Å². The van der Waals surface area contributed by atoms with Crippen molar-refractivity contribution in [3.05, 3.63) is 102 Å². The fourth-order valence-corrected chi connectivity index (χ4v) is 4.66. The predicted molar refractivity (Wildman–Crippen MR) is 137 cm³/mol. The lowest BCUT2D eigenvalue weighted by Gasteiger charge is -2.10. The molecule has 7 nitrogen and oxygen atoms in total. The number of aryl methyl sites for hydroxylation is 2. The highest BCUT2D eigenvalue weighted by Crippen LogP contribution is 2.31. The van der Waals surface area contributed by atoms with Crippen molar-refractivity contribution in [3.8, 4) is 5.69 Å². The number of para-hydroxylation sites is 1. The van der Waals surface area contributed by atoms with Crippen LogP contribution in [0.3, 0.4) is 0 Å². The molecule has 0 radical (unpaired) electrons. The van der Waals surface area contributed by atoms with Crippen LogP contribution in [0.2, 0.25) is 0 Å². The van der Waals surface area contributed by atoms with Crippen LogP contribution < -0.4 is 5.32 Å². The Balaban J connectivity index is 1.34. The fourth-order valence-electron chi connectivity index (χ4n) is 4.66. The number of carbonyl (C=O) groups is 1. The van der Waals surface area contributed by atoms with E-state index in [2.05, 4.69) is 52.9 Å². The van der Waals surface area contributed by atoms with Gasteiger partial charge in [-0.2, -0.15) is 0 Å². The normalized spacial score (nSPS) is 11.5. The molecule has 0 aliphatic heterocycles. The zero-order valence-corrected chi connectivity index (χ0v) is 19.6. The largest absolute Gasteiger partial charge is 0.345 e. The number of imidazole rings is 1. The maximum atomic E-state index is 13.4. The molecule has 0 unspecified atom stereocenters. The minimum Gasteiger partial charge on any atom is -0.345 e. The van der Waals surface area contributed by atoms with Crippen molar-refractivity contribution >= 4 is 33.2 Å². The Morgan fingerprint density at radius 3 is 2.40 bits per heavy atom. The molecule has 6 rings (SSSR count). The zero-order chi connectivity index (χ0) is 23.9. The van der Waals surface area contributed by atoms with E-state index in [0.717, 1.165) is 39.4 Å². The molecule has 0 atom stereocenters. The molecule has 0 saturated heterocycles. The third-order valence-corrected chi connectivity index (χ3v) is 6.45. The number of aromatic nitrogens is 5. The Morgan fingerprint density at radius 1 is 0.914 bits per heavy atom. The van der Waals surface area contributed by atoms with E-state index in [4.69, 9.17) is 4.98 Å². The number of carbonyl (C=O) groups excluding carboxylic acids is 1. The van der Waals surface area contributed by atoms with Gasteiger partial charge in [-0.05, 0) is 42.5 Å². The number of nitrogens with zero attached hydrogens (tertiary/aromatic N) is 5. The minimum atomic E-state index is -0.197. The summed E-state index contributed by atoms with van der Waals surface area (Å²) in [6, 6.07) is 24.5. The molecular weight excluding hydrogens is 436 g/mol. The second kappa shape index (κ2) is 8.36. The molecule has 6 aromatic rings. The van der Waals surface area contributed by atoms with Crippen LogP contribution in [0, 0.1) is 6.92 Å². The molecular formula is C28H24N6O. The highest BCUT2D eigenvalue weighted by Gasteiger charge is 2.21. The van der Waals surface area contributed by atoms with Crippen molar-refractivity contribution in [2.45, 2.75) is 26.8 Å². The van der Waals surface area contributed by atoms with E-state index in [-0.39, 0.29) is 12.5 Å². The number of pyridine rings is 1. The Hall–Kier alpha value is -4.52. The molecule has 0 aliphatic carbocycles. The molecule has 7 heteroatoms. The lowest BCUT2D eigenvalue weighted by atomic mass is 10.1. The standard InChI is InChI=1S/C28H24N6O/c1-3-19-12-14-21(15-13-19)33-17-20(31-32-33)16-29-28(35)26-18(2)30-27-24-10-5-4-8-22(24)23-9-6-7-11-25(23)34(26)27/h4-15,17H,3,16H2,1-2H3,(H,29,35). The first kappa shape index (κ1) is 21.0. The summed E-state index contributed by atoms with van der Waals surface area (Å²) in [5, 5.41) is 14.7. The van der Waals surface area contributed by atoms with E-state index in [1.54, 1.807) is 4.68 Å². The van der Waals surface area contributed by atoms with Gasteiger partial charge in [0.1, 0.15) is 17.0 Å². The lowest BCUT2D eigenvalue weighted by Crippen LogP contribution is -2.25. The van der Waals surface area contributed by atoms with Crippen LogP contribution in [0.1, 0.15) is 34.4 Å². The van der Waals surface area contributed by atoms with Gasteiger partial charge in [0.25, 0.3) is 5.91 Å². The van der Waals surface area contributed by atoms with Crippen molar-refractivity contribution in [2.24, 2.45) is 0 Å². The summed E-state index contributed by atoms with van der Waals surface area (Å²) in [4.78, 5) is 18.2. The van der Waals surface area contributed by atoms with E-state index in [9.17, 15) is 4.79 Å². The van der Waals surface area contributed by atoms with Gasteiger partial charge >= 0.3 is 0 Å². The average Bonchev–Trinajstić information content (AvgIpc) is 3.52. The second-order valence-corrected chi connectivity index (χ2v) is 8.62. The van der Waals surface area contributed by atoms with Crippen LogP contribution in [-0.2, 0) is 13.0 Å². The fraction of sp³-hybridized carbons (Fsp3) is 0.143. The smallest absolute Gasteiger partial charge is 0.270 e. The molecule has 0 aliphatic rings. The van der Waals surface area contributed by atoms with Crippen molar-refractivity contribution in [2.75, 3.05) is 0 Å². The van der Waals surface area contributed by atoms with Gasteiger partial charge in [0.2, 0.25) is 0 Å². The molecule has 3 aromatic carbocycles. The topological polar surface area (TPSA) is 77.1 Å². The van der Waals surface area contributed by atoms with Gasteiger partial charge in [-0.15, -0.1) is 5.10 Å². The zero-order valence-electron chi connectivity index (χ0n) is 19.6. The van der Waals surface area contributed by atoms with Crippen molar-refractivity contribution in [3.63, 3.8) is 0 Å². The third kappa shape index (κ3) is 3.52. The van der Waals surface area contributed by atoms with E-state index in [1.165, 1.54) is 5.56 Å². The van der Waals surface area contributed by atoms with E-state index in [1.807, 2.05) is 60.0 Å². The molecule has 3 aromatic heterocycles. The summed E-state index contributed by atoms with van der Waals surface area (Å²) in [6.45, 7) is 4.27. The van der Waals surface area contributed by atoms with Crippen molar-refractivity contribution < 1.29 is 4.79 Å². The van der Waals surface area contributed by atoms with Gasteiger partial charge < -0.3 is 5.32 Å². The van der Waals surface area contributed by atoms with E-state index < -0.39 is 0 Å². The Labute approximate surface area is 202 Å². The summed E-state index contributed by atoms with van der Waals surface area (Å²) in [5.74, 6) is -0.197. The Kier molecular flexibility index (Phi) is 5.03. The van der Waals surface area contributed by atoms with E-state index in [0.29, 0.717) is 17.1 Å². The number of amides is 1. The van der Waals surface area contributed by atoms with Crippen LogP contribution in [0.4, 0.5) is 0 Å². The van der Waals surface area contributed by atoms with Crippen LogP contribution in [0.5, 0.6) is 0 Å². The molecule has 0 fully saturated rings. The molecule has 0 bridgehead atoms. The molecule has 172 valence electrons. The van der Waals surface area contributed by atoms with Gasteiger partial charge in [0, 0.05) is 10.8 Å². The monoisotopic (exact) mass is 460 g/mol. The molecule has 0 spiro atoms. The molecule has 0 saturated carbocycles. The first-order chi connectivity index (χ1) is 17.1. The number of hydrogen-bond donors (Lipinski definition) is 1. The molecule has 1 N–H and O–H groups in total. The minimum absolute atomic E-state index is 0.197. The molecule has 35 heavy (non-hydrogen) atoms. The SMILES string of the molecule is CCc1ccc(-n2cc(CNC(=O)c3c(C)nc4c5ccccc5c5ccccc5n34)nn2)cc1. The summed E-state index contributed by atoms with van der Waals surface area (Å²) in [5.41, 5.74) is 5.83. The average molecular weight is 461 g/mol. The van der Waals surface area contributed by atoms with Crippen LogP contribution in [0.25, 0.3) is 33.0 Å². The molecule has 1 amide bonds. The van der Waals surface area contributed by atoms with Crippen molar-refractivity contribution in [1.29, 1.82) is 0 Å². The van der Waals surface area contributed by atoms with Crippen molar-refractivity contribution in [1.82, 2.24) is 29.7 Å². The van der Waals surface area contributed by atoms with Gasteiger partial charge in [-0.1, -0.05) is 66.7 Å². The highest BCUT2D eigenvalue weighted by atomic mass is 16.2. The number of benzene rings is 3. The second-order valence-electron chi connectivity index (χ2n) is 8.62. The number of rotatable bonds is 5. The van der Waals surface area contributed by atoms with Crippen LogP contribution in [0.15, 0.2) is 79.0 Å². The first-order valence-electron chi connectivity index (χ1n) is 11.7. The Bertz CT molecular complexity index is 1710. The number of fused-ring (bicyclic) bond motifs is 6. The maximum absolute atomic E-state index is 13.4. The predicted octanol–water partition coefficient (Wildman–Crippen LogP) is 5.02. The van der Waals surface area contributed by atoms with Gasteiger partial charge in [-0.3, -0.25) is 9.20 Å². The Morgan fingerprint density at radius 2 is 1.63 bits per heavy atom. The van der Waals surface area contributed by atoms with Gasteiger partial charge in [0.05, 0.1) is 29.6 Å². The summed E-state index contributed by atoms with van der Waals surface area (Å²) >= 11 is 0. The summed E-state index contributed by atoms with van der Waals surface area (Å²) in [7, 11) is 0. The lowest BCUT2D eigenvalue weighted by molar-refractivity contribution is 0.0944. The number of nitrogens with one attached hydrogen (secondary N) is 1. The van der Waals surface area contributed by atoms with Crippen LogP contribution >= 0.6 is 0 Å². The number of hydrogen-bond acceptors (Lipinski definition) is 4. The van der Waals surface area contributed by atoms with Crippen LogP contribution in [-0.4, -0.2) is 30.3 Å². The van der Waals surface area contributed by atoms with Gasteiger partial charge in [-0.25, -0.2) is 9.67 Å².